The molecule has 8 nitrogen and oxygen atoms in total. The number of nitrogens with one attached hydrogen (secondary N) is 1. The number of rotatable bonds is 8. The van der Waals surface area contributed by atoms with Gasteiger partial charge in [0.1, 0.15) is 17.2 Å². The van der Waals surface area contributed by atoms with Gasteiger partial charge in [-0.25, -0.2) is 8.42 Å². The van der Waals surface area contributed by atoms with E-state index in [9.17, 15) is 13.2 Å². The molecule has 0 aliphatic heterocycles. The standard InChI is InChI=1S/C25H23ClN2O6S2/c1-28(36(30,31)18-7-9-21(33-3)19(26)14-18)16-5-10-23-15(11-16)12-24(35-23)25(29)27-20-8-6-17(32-2)13-22(20)34-4/h5-14H,1-4H3,(H,27,29). The van der Waals surface area contributed by atoms with E-state index in [1.807, 2.05) is 0 Å². The average Bonchev–Trinajstić information content (AvgIpc) is 3.32. The van der Waals surface area contributed by atoms with Crippen molar-refractivity contribution in [3.05, 3.63) is 70.6 Å². The second kappa shape index (κ2) is 10.3. The molecule has 0 aliphatic carbocycles. The highest BCUT2D eigenvalue weighted by Crippen LogP contribution is 2.34. The topological polar surface area (TPSA) is 94.2 Å². The lowest BCUT2D eigenvalue weighted by Crippen LogP contribution is -2.26. The van der Waals surface area contributed by atoms with Gasteiger partial charge in [-0.1, -0.05) is 11.6 Å². The van der Waals surface area contributed by atoms with Gasteiger partial charge in [0, 0.05) is 17.8 Å². The summed E-state index contributed by atoms with van der Waals surface area (Å²) in [6.07, 6.45) is 0. The van der Waals surface area contributed by atoms with Crippen LogP contribution in [-0.2, 0) is 10.0 Å². The van der Waals surface area contributed by atoms with Crippen LogP contribution >= 0.6 is 22.9 Å². The number of anilines is 2. The highest BCUT2D eigenvalue weighted by atomic mass is 35.5. The number of methoxy groups -OCH3 is 3. The summed E-state index contributed by atoms with van der Waals surface area (Å²) in [6.45, 7) is 0. The maximum atomic E-state index is 13.2. The molecule has 0 saturated carbocycles. The van der Waals surface area contributed by atoms with Crippen LogP contribution in [-0.4, -0.2) is 42.7 Å². The highest BCUT2D eigenvalue weighted by molar-refractivity contribution is 7.92. The first-order chi connectivity index (χ1) is 17.2. The van der Waals surface area contributed by atoms with Gasteiger partial charge in [0.15, 0.2) is 0 Å². The van der Waals surface area contributed by atoms with E-state index in [-0.39, 0.29) is 15.8 Å². The molecule has 0 unspecified atom stereocenters. The Labute approximate surface area is 218 Å². The Morgan fingerprint density at radius 2 is 1.67 bits per heavy atom. The zero-order valence-corrected chi connectivity index (χ0v) is 22.3. The number of benzene rings is 3. The lowest BCUT2D eigenvalue weighted by Gasteiger charge is -2.20. The van der Waals surface area contributed by atoms with Gasteiger partial charge < -0.3 is 19.5 Å². The van der Waals surface area contributed by atoms with Gasteiger partial charge in [-0.15, -0.1) is 11.3 Å². The maximum absolute atomic E-state index is 13.2. The fourth-order valence-electron chi connectivity index (χ4n) is 3.53. The first kappa shape index (κ1) is 25.6. The third kappa shape index (κ3) is 4.92. The van der Waals surface area contributed by atoms with Crippen LogP contribution in [0, 0.1) is 0 Å². The van der Waals surface area contributed by atoms with Gasteiger partial charge in [-0.3, -0.25) is 9.10 Å². The third-order valence-electron chi connectivity index (χ3n) is 5.53. The number of ether oxygens (including phenoxy) is 3. The van der Waals surface area contributed by atoms with Crippen molar-refractivity contribution >= 4 is 60.3 Å². The number of fused-ring (bicyclic) bond motifs is 1. The molecule has 3 aromatic carbocycles. The van der Waals surface area contributed by atoms with Crippen LogP contribution in [0.2, 0.25) is 5.02 Å². The van der Waals surface area contributed by atoms with Crippen molar-refractivity contribution < 1.29 is 27.4 Å². The third-order valence-corrected chi connectivity index (χ3v) is 8.72. The molecule has 0 aliphatic rings. The molecule has 1 heterocycles. The predicted molar refractivity (Wildman–Crippen MR) is 143 cm³/mol. The number of hydrogen-bond donors (Lipinski definition) is 1. The lowest BCUT2D eigenvalue weighted by molar-refractivity contribution is 0.103. The number of halogens is 1. The van der Waals surface area contributed by atoms with E-state index in [1.54, 1.807) is 49.6 Å². The monoisotopic (exact) mass is 546 g/mol. The first-order valence-electron chi connectivity index (χ1n) is 10.6. The number of nitrogens with zero attached hydrogens (tertiary/aromatic N) is 1. The molecule has 0 spiro atoms. The molecule has 0 bridgehead atoms. The summed E-state index contributed by atoms with van der Waals surface area (Å²) in [5.41, 5.74) is 0.946. The minimum absolute atomic E-state index is 0.0368. The number of amides is 1. The van der Waals surface area contributed by atoms with Crippen molar-refractivity contribution in [1.82, 2.24) is 0 Å². The van der Waals surface area contributed by atoms with E-state index >= 15 is 0 Å². The zero-order valence-electron chi connectivity index (χ0n) is 19.9. The molecule has 11 heteroatoms. The Morgan fingerprint density at radius 3 is 2.33 bits per heavy atom. The molecule has 0 fully saturated rings. The smallest absolute Gasteiger partial charge is 0.265 e. The SMILES string of the molecule is COc1ccc(NC(=O)c2cc3cc(N(C)S(=O)(=O)c4ccc(OC)c(Cl)c4)ccc3s2)c(OC)c1. The molecule has 0 radical (unpaired) electrons. The van der Waals surface area contributed by atoms with E-state index in [0.29, 0.717) is 33.5 Å². The molecule has 36 heavy (non-hydrogen) atoms. The van der Waals surface area contributed by atoms with Crippen LogP contribution in [0.4, 0.5) is 11.4 Å². The second-order valence-corrected chi connectivity index (χ2v) is 11.1. The number of carbonyl (C=O) groups is 1. The van der Waals surface area contributed by atoms with Gasteiger partial charge in [-0.05, 0) is 60.0 Å². The van der Waals surface area contributed by atoms with Crippen LogP contribution < -0.4 is 23.8 Å². The second-order valence-electron chi connectivity index (χ2n) is 7.62. The van der Waals surface area contributed by atoms with Crippen LogP contribution in [0.1, 0.15) is 9.67 Å². The maximum Gasteiger partial charge on any atom is 0.265 e. The van der Waals surface area contributed by atoms with Crippen molar-refractivity contribution in [2.24, 2.45) is 0 Å². The van der Waals surface area contributed by atoms with E-state index in [0.717, 1.165) is 10.1 Å². The summed E-state index contributed by atoms with van der Waals surface area (Å²) in [5, 5.41) is 3.78. The van der Waals surface area contributed by atoms with Crippen molar-refractivity contribution in [2.75, 3.05) is 38.0 Å². The van der Waals surface area contributed by atoms with Crippen molar-refractivity contribution in [2.45, 2.75) is 4.90 Å². The molecule has 4 rings (SSSR count). The molecule has 4 aromatic rings. The Kier molecular flexibility index (Phi) is 7.30. The summed E-state index contributed by atoms with van der Waals surface area (Å²) in [7, 11) is 2.10. The Bertz CT molecular complexity index is 1550. The molecule has 1 aromatic heterocycles. The van der Waals surface area contributed by atoms with Crippen LogP contribution in [0.3, 0.4) is 0 Å². The minimum atomic E-state index is -3.88. The van der Waals surface area contributed by atoms with Crippen molar-refractivity contribution in [3.63, 3.8) is 0 Å². The van der Waals surface area contributed by atoms with Gasteiger partial charge in [0.05, 0.1) is 47.5 Å². The Balaban J connectivity index is 1.60. The molecule has 1 amide bonds. The molecule has 188 valence electrons. The van der Waals surface area contributed by atoms with Gasteiger partial charge in [0.25, 0.3) is 15.9 Å². The Morgan fingerprint density at radius 1 is 0.917 bits per heavy atom. The number of thiophene rings is 1. The van der Waals surface area contributed by atoms with Gasteiger partial charge in [-0.2, -0.15) is 0 Å². The summed E-state index contributed by atoms with van der Waals surface area (Å²) in [5.74, 6) is 1.15. The summed E-state index contributed by atoms with van der Waals surface area (Å²) >= 11 is 7.43. The molecule has 0 atom stereocenters. The summed E-state index contributed by atoms with van der Waals surface area (Å²) in [6, 6.07) is 16.3. The number of sulfonamides is 1. The fourth-order valence-corrected chi connectivity index (χ4v) is 6.00. The average molecular weight is 547 g/mol. The zero-order chi connectivity index (χ0) is 26.0. The summed E-state index contributed by atoms with van der Waals surface area (Å²) in [4.78, 5) is 13.4. The fraction of sp³-hybridized carbons (Fsp3) is 0.160. The Hall–Kier alpha value is -3.47. The lowest BCUT2D eigenvalue weighted by atomic mass is 10.2. The van der Waals surface area contributed by atoms with E-state index in [4.69, 9.17) is 25.8 Å². The summed E-state index contributed by atoms with van der Waals surface area (Å²) < 4.78 is 44.0. The van der Waals surface area contributed by atoms with E-state index in [1.165, 1.54) is 55.1 Å². The largest absolute Gasteiger partial charge is 0.497 e. The van der Waals surface area contributed by atoms with E-state index in [2.05, 4.69) is 5.32 Å². The van der Waals surface area contributed by atoms with Crippen molar-refractivity contribution in [1.29, 1.82) is 0 Å². The number of carbonyl (C=O) groups excluding carboxylic acids is 1. The molecular weight excluding hydrogens is 524 g/mol. The van der Waals surface area contributed by atoms with Crippen LogP contribution in [0.25, 0.3) is 10.1 Å². The van der Waals surface area contributed by atoms with Crippen LogP contribution in [0.5, 0.6) is 17.2 Å². The molecule has 1 N–H and O–H groups in total. The quantitative estimate of drug-likeness (QED) is 0.306. The van der Waals surface area contributed by atoms with Gasteiger partial charge >= 0.3 is 0 Å². The molecular formula is C25H23ClN2O6S2. The first-order valence-corrected chi connectivity index (χ1v) is 13.2. The van der Waals surface area contributed by atoms with Crippen LogP contribution in [0.15, 0.2) is 65.6 Å². The van der Waals surface area contributed by atoms with Gasteiger partial charge in [0.2, 0.25) is 0 Å². The number of hydrogen-bond acceptors (Lipinski definition) is 7. The van der Waals surface area contributed by atoms with Crippen molar-refractivity contribution in [3.8, 4) is 17.2 Å². The normalized spacial score (nSPS) is 11.2. The van der Waals surface area contributed by atoms with E-state index < -0.39 is 10.0 Å². The molecule has 0 saturated heterocycles. The minimum Gasteiger partial charge on any atom is -0.497 e. The predicted octanol–water partition coefficient (Wildman–Crippen LogP) is 5.66. The highest BCUT2D eigenvalue weighted by Gasteiger charge is 2.23.